The van der Waals surface area contributed by atoms with Crippen molar-refractivity contribution in [3.05, 3.63) is 22.8 Å². The number of hydrogen-bond donors (Lipinski definition) is 0. The number of unbranched alkanes of at least 4 members (excludes halogenated alkanes) is 2. The second kappa shape index (κ2) is 7.60. The van der Waals surface area contributed by atoms with Crippen molar-refractivity contribution in [3.63, 3.8) is 0 Å². The van der Waals surface area contributed by atoms with Gasteiger partial charge in [0.15, 0.2) is 0 Å². The average Bonchev–Trinajstić information content (AvgIpc) is 2.28. The third-order valence-electron chi connectivity index (χ3n) is 3.15. The first kappa shape index (κ1) is 16.3. The third kappa shape index (κ3) is 3.92. The maximum Gasteiger partial charge on any atom is 2.00 e. The number of benzene rings is 1. The van der Waals surface area contributed by atoms with Gasteiger partial charge >= 0.3 is 16.5 Å². The van der Waals surface area contributed by atoms with Gasteiger partial charge < -0.3 is 10.2 Å². The summed E-state index contributed by atoms with van der Waals surface area (Å²) in [4.78, 5) is 0. The molecule has 0 saturated carbocycles. The summed E-state index contributed by atoms with van der Waals surface area (Å²) >= 11 is 0. The van der Waals surface area contributed by atoms with Gasteiger partial charge in [-0.15, -0.1) is 11.5 Å². The van der Waals surface area contributed by atoms with Crippen LogP contribution >= 0.6 is 0 Å². The fraction of sp³-hybridized carbons (Fsp3) is 0.571. The van der Waals surface area contributed by atoms with Gasteiger partial charge in [-0.05, 0) is 37.3 Å². The van der Waals surface area contributed by atoms with Gasteiger partial charge in [-0.3, -0.25) is 0 Å². The Hall–Kier alpha value is -0.686. The predicted octanol–water partition coefficient (Wildman–Crippen LogP) is 2.43. The first-order valence-electron chi connectivity index (χ1n) is 6.11. The van der Waals surface area contributed by atoms with Gasteiger partial charge in [0.05, 0.1) is 0 Å². The van der Waals surface area contributed by atoms with Crippen molar-refractivity contribution < 1.29 is 26.7 Å². The van der Waals surface area contributed by atoms with Crippen molar-refractivity contribution in [1.29, 1.82) is 0 Å². The van der Waals surface area contributed by atoms with Gasteiger partial charge in [0.2, 0.25) is 0 Å². The SMILES string of the molecule is CCCCCc1c(C)c(CC)cc([O-])c1[O-].[Ni+2]. The Bertz CT molecular complexity index is 362. The van der Waals surface area contributed by atoms with E-state index in [9.17, 15) is 10.2 Å². The van der Waals surface area contributed by atoms with Gasteiger partial charge in [-0.2, -0.15) is 0 Å². The second-order valence-electron chi connectivity index (χ2n) is 4.28. The molecule has 1 aromatic rings. The van der Waals surface area contributed by atoms with Crippen molar-refractivity contribution in [2.75, 3.05) is 0 Å². The van der Waals surface area contributed by atoms with Gasteiger partial charge in [-0.25, -0.2) is 0 Å². The summed E-state index contributed by atoms with van der Waals surface area (Å²) in [7, 11) is 0. The molecule has 0 fully saturated rings. The molecule has 0 aliphatic carbocycles. The van der Waals surface area contributed by atoms with Crippen molar-refractivity contribution in [3.8, 4) is 11.5 Å². The minimum atomic E-state index is -0.339. The molecule has 3 heteroatoms. The molecule has 1 rings (SSSR count). The molecule has 0 saturated heterocycles. The fourth-order valence-electron chi connectivity index (χ4n) is 2.06. The molecule has 0 amide bonds. The molecule has 0 aromatic heterocycles. The zero-order chi connectivity index (χ0) is 12.1. The molecule has 0 atom stereocenters. The molecule has 0 N–H and O–H groups in total. The quantitative estimate of drug-likeness (QED) is 0.613. The molecule has 0 bridgehead atoms. The third-order valence-corrected chi connectivity index (χ3v) is 3.15. The summed E-state index contributed by atoms with van der Waals surface area (Å²) in [6.45, 7) is 6.11. The van der Waals surface area contributed by atoms with Crippen LogP contribution in [0.5, 0.6) is 11.5 Å². The second-order valence-corrected chi connectivity index (χ2v) is 4.28. The van der Waals surface area contributed by atoms with Crippen molar-refractivity contribution in [2.45, 2.75) is 52.9 Å². The van der Waals surface area contributed by atoms with E-state index in [4.69, 9.17) is 0 Å². The first-order chi connectivity index (χ1) is 7.61. The molecular formula is C14H20NiO2. The number of rotatable bonds is 5. The van der Waals surface area contributed by atoms with Crippen LogP contribution in [-0.2, 0) is 29.3 Å². The normalized spacial score (nSPS) is 10.1. The zero-order valence-corrected chi connectivity index (χ0v) is 11.7. The van der Waals surface area contributed by atoms with E-state index in [0.717, 1.165) is 48.8 Å². The molecule has 98 valence electrons. The summed E-state index contributed by atoms with van der Waals surface area (Å²) in [5.74, 6) is -0.625. The molecule has 0 spiro atoms. The Morgan fingerprint density at radius 2 is 1.76 bits per heavy atom. The van der Waals surface area contributed by atoms with Crippen LogP contribution in [-0.4, -0.2) is 0 Å². The monoisotopic (exact) mass is 278 g/mol. The van der Waals surface area contributed by atoms with Gasteiger partial charge in [0.1, 0.15) is 0 Å². The number of hydrogen-bond acceptors (Lipinski definition) is 2. The maximum absolute atomic E-state index is 11.7. The Morgan fingerprint density at radius 3 is 2.29 bits per heavy atom. The van der Waals surface area contributed by atoms with E-state index in [2.05, 4.69) is 6.92 Å². The summed E-state index contributed by atoms with van der Waals surface area (Å²) < 4.78 is 0. The van der Waals surface area contributed by atoms with E-state index < -0.39 is 0 Å². The van der Waals surface area contributed by atoms with Crippen LogP contribution < -0.4 is 10.2 Å². The molecule has 2 nitrogen and oxygen atoms in total. The van der Waals surface area contributed by atoms with Gasteiger partial charge in [-0.1, -0.05) is 38.3 Å². The van der Waals surface area contributed by atoms with E-state index in [1.807, 2.05) is 13.8 Å². The minimum absolute atomic E-state index is 0. The van der Waals surface area contributed by atoms with E-state index >= 15 is 0 Å². The van der Waals surface area contributed by atoms with E-state index in [0.29, 0.717) is 0 Å². The molecule has 17 heavy (non-hydrogen) atoms. The van der Waals surface area contributed by atoms with E-state index in [1.165, 1.54) is 6.07 Å². The van der Waals surface area contributed by atoms with Crippen LogP contribution in [0.1, 0.15) is 49.8 Å². The first-order valence-corrected chi connectivity index (χ1v) is 6.11. The maximum atomic E-state index is 11.7. The minimum Gasteiger partial charge on any atom is -0.873 e. The summed E-state index contributed by atoms with van der Waals surface area (Å²) in [6.07, 6.45) is 4.82. The van der Waals surface area contributed by atoms with E-state index in [1.54, 1.807) is 0 Å². The van der Waals surface area contributed by atoms with Crippen molar-refractivity contribution in [1.82, 2.24) is 0 Å². The van der Waals surface area contributed by atoms with Crippen LogP contribution in [0, 0.1) is 6.92 Å². The Labute approximate surface area is 114 Å². The van der Waals surface area contributed by atoms with Crippen LogP contribution in [0.25, 0.3) is 0 Å². The standard InChI is InChI=1S/C14H22O2.Ni/c1-4-6-7-8-12-10(3)11(5-2)9-13(15)14(12)16;/h9,15-16H,4-8H2,1-3H3;/q;+2/p-2. The molecular weight excluding hydrogens is 259 g/mol. The largest absolute Gasteiger partial charge is 2.00 e. The Morgan fingerprint density at radius 1 is 1.12 bits per heavy atom. The average molecular weight is 279 g/mol. The van der Waals surface area contributed by atoms with Crippen LogP contribution in [0.15, 0.2) is 6.07 Å². The molecule has 0 aliphatic rings. The smallest absolute Gasteiger partial charge is 0.873 e. The van der Waals surface area contributed by atoms with E-state index in [-0.39, 0.29) is 28.0 Å². The van der Waals surface area contributed by atoms with Crippen molar-refractivity contribution >= 4 is 0 Å². The summed E-state index contributed by atoms with van der Waals surface area (Å²) in [5, 5.41) is 23.2. The number of aryl methyl sites for hydroxylation is 1. The fourth-order valence-corrected chi connectivity index (χ4v) is 2.06. The molecule has 0 radical (unpaired) electrons. The Kier molecular flexibility index (Phi) is 7.30. The van der Waals surface area contributed by atoms with Crippen LogP contribution in [0.3, 0.4) is 0 Å². The van der Waals surface area contributed by atoms with Crippen LogP contribution in [0.2, 0.25) is 0 Å². The van der Waals surface area contributed by atoms with Crippen molar-refractivity contribution in [2.24, 2.45) is 0 Å². The zero-order valence-electron chi connectivity index (χ0n) is 10.7. The molecule has 0 heterocycles. The molecule has 0 aliphatic heterocycles. The van der Waals surface area contributed by atoms with Crippen LogP contribution in [0.4, 0.5) is 0 Å². The topological polar surface area (TPSA) is 46.1 Å². The molecule has 1 aromatic carbocycles. The molecule has 0 unspecified atom stereocenters. The van der Waals surface area contributed by atoms with Gasteiger partial charge in [0, 0.05) is 0 Å². The summed E-state index contributed by atoms with van der Waals surface area (Å²) in [5.41, 5.74) is 2.80. The Balaban J connectivity index is 0.00000256. The van der Waals surface area contributed by atoms with Gasteiger partial charge in [0.25, 0.3) is 0 Å². The summed E-state index contributed by atoms with van der Waals surface area (Å²) in [6, 6.07) is 1.50. The predicted molar refractivity (Wildman–Crippen MR) is 62.7 cm³/mol.